The van der Waals surface area contributed by atoms with Crippen molar-refractivity contribution >= 4 is 17.8 Å². The van der Waals surface area contributed by atoms with E-state index in [0.29, 0.717) is 24.2 Å². The molecule has 0 aromatic heterocycles. The molecule has 0 aromatic carbocycles. The SMILES string of the molecule is C.C.[2H]CCCCC1SCC2NC(=O)NC21. The Morgan fingerprint density at radius 2 is 2.33 bits per heavy atom. The van der Waals surface area contributed by atoms with Gasteiger partial charge in [0, 0.05) is 12.4 Å². The second-order valence-electron chi connectivity index (χ2n) is 3.62. The zero-order chi connectivity index (χ0) is 9.97. The number of fused-ring (bicyclic) bond motifs is 1. The third-order valence-corrected chi connectivity index (χ3v) is 4.19. The maximum absolute atomic E-state index is 11.1. The molecular formula is C11H24N2OS. The minimum Gasteiger partial charge on any atom is -0.332 e. The van der Waals surface area contributed by atoms with Gasteiger partial charge in [0.25, 0.3) is 0 Å². The van der Waals surface area contributed by atoms with E-state index in [1.54, 1.807) is 0 Å². The van der Waals surface area contributed by atoms with Crippen LogP contribution in [0.5, 0.6) is 0 Å². The number of nitrogens with one attached hydrogen (secondary N) is 2. The molecule has 3 nitrogen and oxygen atoms in total. The van der Waals surface area contributed by atoms with Crippen LogP contribution in [0.1, 0.15) is 42.4 Å². The van der Waals surface area contributed by atoms with Gasteiger partial charge in [0.2, 0.25) is 0 Å². The van der Waals surface area contributed by atoms with Gasteiger partial charge < -0.3 is 10.6 Å². The number of carbonyl (C=O) groups is 1. The van der Waals surface area contributed by atoms with Crippen LogP contribution < -0.4 is 10.6 Å². The van der Waals surface area contributed by atoms with Crippen molar-refractivity contribution in [2.24, 2.45) is 0 Å². The summed E-state index contributed by atoms with van der Waals surface area (Å²) in [5.41, 5.74) is 0. The van der Waals surface area contributed by atoms with E-state index in [9.17, 15) is 4.79 Å². The Morgan fingerprint density at radius 1 is 1.53 bits per heavy atom. The molecule has 2 N–H and O–H groups in total. The van der Waals surface area contributed by atoms with E-state index in [1.165, 1.54) is 0 Å². The summed E-state index contributed by atoms with van der Waals surface area (Å²) in [7, 11) is 0. The lowest BCUT2D eigenvalue weighted by molar-refractivity contribution is 0.247. The molecular weight excluding hydrogens is 208 g/mol. The molecule has 2 aliphatic heterocycles. The highest BCUT2D eigenvalue weighted by atomic mass is 32.2. The molecule has 2 rings (SSSR count). The van der Waals surface area contributed by atoms with Crippen molar-refractivity contribution in [2.75, 3.05) is 5.75 Å². The second-order valence-corrected chi connectivity index (χ2v) is 4.89. The summed E-state index contributed by atoms with van der Waals surface area (Å²) < 4.78 is 7.07. The number of amides is 2. The van der Waals surface area contributed by atoms with E-state index >= 15 is 0 Å². The molecule has 2 amide bonds. The zero-order valence-corrected chi connectivity index (χ0v) is 8.40. The van der Waals surface area contributed by atoms with Gasteiger partial charge in [-0.05, 0) is 6.42 Å². The van der Waals surface area contributed by atoms with Crippen LogP contribution in [0.3, 0.4) is 0 Å². The fourth-order valence-electron chi connectivity index (χ4n) is 1.99. The van der Waals surface area contributed by atoms with Crippen LogP contribution in [0.4, 0.5) is 4.79 Å². The van der Waals surface area contributed by atoms with Crippen molar-refractivity contribution in [3.05, 3.63) is 0 Å². The molecule has 2 saturated heterocycles. The first-order valence-electron chi connectivity index (χ1n) is 5.50. The van der Waals surface area contributed by atoms with E-state index in [1.807, 2.05) is 11.8 Å². The second kappa shape index (κ2) is 6.26. The zero-order valence-electron chi connectivity index (χ0n) is 8.58. The first-order chi connectivity index (χ1) is 6.81. The average Bonchev–Trinajstić information content (AvgIpc) is 2.66. The lowest BCUT2D eigenvalue weighted by atomic mass is 10.0. The monoisotopic (exact) mass is 233 g/mol. The average molecular weight is 233 g/mol. The largest absolute Gasteiger partial charge is 0.332 e. The first-order valence-corrected chi connectivity index (χ1v) is 5.84. The third kappa shape index (κ3) is 3.03. The highest BCUT2D eigenvalue weighted by Gasteiger charge is 2.42. The molecule has 2 aliphatic rings. The molecule has 0 aromatic rings. The van der Waals surface area contributed by atoms with Crippen molar-refractivity contribution in [2.45, 2.75) is 58.3 Å². The molecule has 0 bridgehead atoms. The van der Waals surface area contributed by atoms with Gasteiger partial charge in [0.1, 0.15) is 0 Å². The maximum Gasteiger partial charge on any atom is 0.315 e. The fourth-order valence-corrected chi connectivity index (χ4v) is 3.53. The predicted octanol–water partition coefficient (Wildman–Crippen LogP) is 2.61. The molecule has 2 heterocycles. The van der Waals surface area contributed by atoms with Gasteiger partial charge in [-0.25, -0.2) is 4.79 Å². The summed E-state index contributed by atoms with van der Waals surface area (Å²) in [6.07, 6.45) is 3.22. The molecule has 0 radical (unpaired) electrons. The standard InChI is InChI=1S/C9H16N2OS.2CH4/c1-2-3-4-7-8-6(5-13-7)10-9(12)11-8;;/h6-8H,2-5H2,1H3,(H2,10,11,12);2*1H4/i1D;;. The van der Waals surface area contributed by atoms with Gasteiger partial charge in [0.15, 0.2) is 0 Å². The van der Waals surface area contributed by atoms with Crippen molar-refractivity contribution in [3.8, 4) is 0 Å². The summed E-state index contributed by atoms with van der Waals surface area (Å²) >= 11 is 1.95. The predicted molar refractivity (Wildman–Crippen MR) is 68.5 cm³/mol. The maximum atomic E-state index is 11.1. The van der Waals surface area contributed by atoms with Gasteiger partial charge in [-0.1, -0.05) is 34.6 Å². The van der Waals surface area contributed by atoms with E-state index < -0.39 is 0 Å². The van der Waals surface area contributed by atoms with E-state index in [4.69, 9.17) is 1.37 Å². The van der Waals surface area contributed by atoms with Crippen LogP contribution >= 0.6 is 11.8 Å². The van der Waals surface area contributed by atoms with Crippen LogP contribution in [-0.4, -0.2) is 29.1 Å². The molecule has 4 heteroatoms. The number of rotatable bonds is 3. The topological polar surface area (TPSA) is 41.1 Å². The molecule has 2 fully saturated rings. The Morgan fingerprint density at radius 3 is 3.07 bits per heavy atom. The Hall–Kier alpha value is -0.380. The molecule has 0 spiro atoms. The van der Waals surface area contributed by atoms with E-state index in [2.05, 4.69) is 10.6 Å². The van der Waals surface area contributed by atoms with Crippen LogP contribution in [0.15, 0.2) is 0 Å². The van der Waals surface area contributed by atoms with Crippen LogP contribution in [-0.2, 0) is 0 Å². The number of urea groups is 1. The smallest absolute Gasteiger partial charge is 0.315 e. The lowest BCUT2D eigenvalue weighted by Gasteiger charge is -2.15. The number of hydrogen-bond donors (Lipinski definition) is 2. The van der Waals surface area contributed by atoms with Gasteiger partial charge in [0.05, 0.1) is 12.1 Å². The molecule has 3 atom stereocenters. The van der Waals surface area contributed by atoms with Crippen LogP contribution in [0, 0.1) is 0 Å². The highest BCUT2D eigenvalue weighted by Crippen LogP contribution is 2.32. The quantitative estimate of drug-likeness (QED) is 0.581. The Balaban J connectivity index is 0.00000112. The number of carbonyl (C=O) groups excluding carboxylic acids is 1. The van der Waals surface area contributed by atoms with E-state index in [-0.39, 0.29) is 20.9 Å². The summed E-state index contributed by atoms with van der Waals surface area (Å²) in [4.78, 5) is 11.1. The Kier molecular flexibility index (Phi) is 5.29. The van der Waals surface area contributed by atoms with Gasteiger partial charge in [-0.15, -0.1) is 0 Å². The molecule has 90 valence electrons. The van der Waals surface area contributed by atoms with Gasteiger partial charge in [-0.3, -0.25) is 0 Å². The Bertz CT molecular complexity index is 228. The normalized spacial score (nSPS) is 32.9. The number of thioether (sulfide) groups is 1. The molecule has 3 unspecified atom stereocenters. The van der Waals surface area contributed by atoms with E-state index in [0.717, 1.165) is 25.0 Å². The number of hydrogen-bond acceptors (Lipinski definition) is 2. The van der Waals surface area contributed by atoms with Crippen molar-refractivity contribution in [3.63, 3.8) is 0 Å². The minimum absolute atomic E-state index is 0. The molecule has 15 heavy (non-hydrogen) atoms. The van der Waals surface area contributed by atoms with Crippen molar-refractivity contribution < 1.29 is 6.17 Å². The first kappa shape index (κ1) is 12.7. The third-order valence-electron chi connectivity index (χ3n) is 2.68. The van der Waals surface area contributed by atoms with Crippen molar-refractivity contribution in [1.29, 1.82) is 0 Å². The molecule has 0 saturated carbocycles. The van der Waals surface area contributed by atoms with Crippen LogP contribution in [0.25, 0.3) is 0 Å². The summed E-state index contributed by atoms with van der Waals surface area (Å²) in [5.74, 6) is 1.04. The van der Waals surface area contributed by atoms with Gasteiger partial charge >= 0.3 is 6.03 Å². The fraction of sp³-hybridized carbons (Fsp3) is 0.909. The molecule has 0 aliphatic carbocycles. The number of unbranched alkanes of at least 4 members (excludes halogenated alkanes) is 1. The van der Waals surface area contributed by atoms with Crippen LogP contribution in [0.2, 0.25) is 0 Å². The summed E-state index contributed by atoms with van der Waals surface area (Å²) in [5, 5.41) is 6.46. The lowest BCUT2D eigenvalue weighted by Crippen LogP contribution is -2.36. The Labute approximate surface area is 99.2 Å². The highest BCUT2D eigenvalue weighted by molar-refractivity contribution is 8.00. The minimum atomic E-state index is -0.00853. The summed E-state index contributed by atoms with van der Waals surface area (Å²) in [6, 6.07) is 0.664. The van der Waals surface area contributed by atoms with Crippen molar-refractivity contribution in [1.82, 2.24) is 10.6 Å². The van der Waals surface area contributed by atoms with Gasteiger partial charge in [-0.2, -0.15) is 11.8 Å². The summed E-state index contributed by atoms with van der Waals surface area (Å²) in [6.45, 7) is 0.524.